The molecule has 0 atom stereocenters. The number of unbranched alkanes of at least 4 members (excludes halogenated alkanes) is 5. The van der Waals surface area contributed by atoms with E-state index in [9.17, 15) is 0 Å². The number of nitrogens with two attached hydrogens (primary N) is 1. The quantitative estimate of drug-likeness (QED) is 0.255. The molecule has 78 valence electrons. The van der Waals surface area contributed by atoms with Crippen molar-refractivity contribution < 1.29 is 0 Å². The molecule has 0 rings (SSSR count). The number of nitrogens with one attached hydrogen (secondary N) is 2. The smallest absolute Gasteiger partial charge is 0.180 e. The Morgan fingerprint density at radius 3 is 2.38 bits per heavy atom. The predicted molar refractivity (Wildman–Crippen MR) is 61.3 cm³/mol. The first-order chi connectivity index (χ1) is 6.31. The third kappa shape index (κ3) is 9.56. The van der Waals surface area contributed by atoms with Gasteiger partial charge in [-0.1, -0.05) is 39.0 Å². The van der Waals surface area contributed by atoms with Gasteiger partial charge in [-0.2, -0.15) is 0 Å². The van der Waals surface area contributed by atoms with E-state index in [4.69, 9.17) is 18.1 Å². The Bertz CT molecular complexity index is 128. The number of rotatable bonds is 7. The van der Waals surface area contributed by atoms with Gasteiger partial charge in [0.2, 0.25) is 0 Å². The van der Waals surface area contributed by atoms with Gasteiger partial charge in [0.05, 0.1) is 0 Å². The fourth-order valence-electron chi connectivity index (χ4n) is 1.16. The number of hydrogen-bond donors (Lipinski definition) is 3. The Hall–Kier alpha value is -0.350. The van der Waals surface area contributed by atoms with Crippen molar-refractivity contribution in [2.75, 3.05) is 6.54 Å². The molecule has 0 aromatic rings. The van der Waals surface area contributed by atoms with Gasteiger partial charge in [0.15, 0.2) is 5.11 Å². The summed E-state index contributed by atoms with van der Waals surface area (Å²) in [6.07, 6.45) is 7.80. The van der Waals surface area contributed by atoms with Crippen molar-refractivity contribution >= 4 is 17.3 Å². The van der Waals surface area contributed by atoms with Gasteiger partial charge in [-0.05, 0) is 18.6 Å². The van der Waals surface area contributed by atoms with Crippen molar-refractivity contribution in [2.24, 2.45) is 5.84 Å². The summed E-state index contributed by atoms with van der Waals surface area (Å²) in [5.74, 6) is 5.10. The Morgan fingerprint density at radius 2 is 1.77 bits per heavy atom. The molecule has 0 amide bonds. The number of thiocarbonyl (C=S) groups is 1. The van der Waals surface area contributed by atoms with Crippen LogP contribution in [0.5, 0.6) is 0 Å². The number of hydrogen-bond acceptors (Lipinski definition) is 2. The predicted octanol–water partition coefficient (Wildman–Crippen LogP) is 1.68. The second kappa shape index (κ2) is 9.74. The van der Waals surface area contributed by atoms with Crippen LogP contribution in [0.2, 0.25) is 0 Å². The molecule has 0 saturated carbocycles. The molecule has 0 bridgehead atoms. The maximum atomic E-state index is 5.10. The van der Waals surface area contributed by atoms with Crippen LogP contribution in [0.15, 0.2) is 0 Å². The zero-order valence-electron chi connectivity index (χ0n) is 8.44. The van der Waals surface area contributed by atoms with Crippen molar-refractivity contribution in [2.45, 2.75) is 45.4 Å². The van der Waals surface area contributed by atoms with Crippen LogP contribution in [0.4, 0.5) is 0 Å². The maximum Gasteiger partial charge on any atom is 0.180 e. The fourth-order valence-corrected chi connectivity index (χ4v) is 1.26. The summed E-state index contributed by atoms with van der Waals surface area (Å²) in [4.78, 5) is 0. The second-order valence-corrected chi connectivity index (χ2v) is 3.58. The molecule has 0 aliphatic heterocycles. The topological polar surface area (TPSA) is 50.1 Å². The van der Waals surface area contributed by atoms with E-state index in [0.717, 1.165) is 6.54 Å². The van der Waals surface area contributed by atoms with Crippen LogP contribution in [0.1, 0.15) is 45.4 Å². The summed E-state index contributed by atoms with van der Waals surface area (Å²) in [6, 6.07) is 0. The highest BCUT2D eigenvalue weighted by atomic mass is 32.1. The van der Waals surface area contributed by atoms with E-state index in [0.29, 0.717) is 5.11 Å². The molecular formula is C9H21N3S. The van der Waals surface area contributed by atoms with Crippen LogP contribution in [-0.4, -0.2) is 11.7 Å². The van der Waals surface area contributed by atoms with Crippen molar-refractivity contribution in [3.05, 3.63) is 0 Å². The molecule has 0 saturated heterocycles. The van der Waals surface area contributed by atoms with Gasteiger partial charge in [-0.15, -0.1) is 0 Å². The largest absolute Gasteiger partial charge is 0.362 e. The standard InChI is InChI=1S/C9H21N3S/c1-2-3-4-5-6-7-8-11-9(13)12-10/h2-8,10H2,1H3,(H2,11,12,13). The first-order valence-electron chi connectivity index (χ1n) is 5.05. The van der Waals surface area contributed by atoms with Crippen LogP contribution < -0.4 is 16.6 Å². The minimum atomic E-state index is 0.536. The van der Waals surface area contributed by atoms with Crippen LogP contribution in [-0.2, 0) is 0 Å². The van der Waals surface area contributed by atoms with E-state index in [1.54, 1.807) is 0 Å². The Kier molecular flexibility index (Phi) is 9.47. The number of hydrazine groups is 1. The molecule has 0 aromatic heterocycles. The molecule has 4 heteroatoms. The average molecular weight is 203 g/mol. The van der Waals surface area contributed by atoms with Crippen LogP contribution >= 0.6 is 12.2 Å². The van der Waals surface area contributed by atoms with E-state index in [1.807, 2.05) is 0 Å². The van der Waals surface area contributed by atoms with Crippen molar-refractivity contribution in [1.29, 1.82) is 0 Å². The molecule has 0 heterocycles. The van der Waals surface area contributed by atoms with Gasteiger partial charge in [0.1, 0.15) is 0 Å². The van der Waals surface area contributed by atoms with Gasteiger partial charge in [0.25, 0.3) is 0 Å². The summed E-state index contributed by atoms with van der Waals surface area (Å²) < 4.78 is 0. The van der Waals surface area contributed by atoms with Gasteiger partial charge in [-0.25, -0.2) is 5.84 Å². The Balaban J connectivity index is 2.95. The molecule has 4 N–H and O–H groups in total. The summed E-state index contributed by atoms with van der Waals surface area (Å²) in [6.45, 7) is 3.15. The second-order valence-electron chi connectivity index (χ2n) is 3.17. The highest BCUT2D eigenvalue weighted by Gasteiger charge is 1.91. The highest BCUT2D eigenvalue weighted by Crippen LogP contribution is 2.03. The lowest BCUT2D eigenvalue weighted by Crippen LogP contribution is -2.39. The zero-order valence-corrected chi connectivity index (χ0v) is 9.25. The third-order valence-electron chi connectivity index (χ3n) is 1.95. The third-order valence-corrected chi connectivity index (χ3v) is 2.21. The molecule has 0 fully saturated rings. The first kappa shape index (κ1) is 12.7. The maximum absolute atomic E-state index is 5.10. The summed E-state index contributed by atoms with van der Waals surface area (Å²) >= 11 is 4.83. The normalized spacial score (nSPS) is 9.69. The lowest BCUT2D eigenvalue weighted by molar-refractivity contribution is 0.601. The van der Waals surface area contributed by atoms with E-state index in [1.165, 1.54) is 38.5 Å². The average Bonchev–Trinajstić information content (AvgIpc) is 2.16. The lowest BCUT2D eigenvalue weighted by atomic mass is 10.1. The summed E-state index contributed by atoms with van der Waals surface area (Å²) in [5, 5.41) is 3.55. The van der Waals surface area contributed by atoms with Gasteiger partial charge in [-0.3, -0.25) is 0 Å². The van der Waals surface area contributed by atoms with Crippen molar-refractivity contribution in [3.8, 4) is 0 Å². The summed E-state index contributed by atoms with van der Waals surface area (Å²) in [5.41, 5.74) is 2.40. The molecule has 3 nitrogen and oxygen atoms in total. The van der Waals surface area contributed by atoms with Gasteiger partial charge >= 0.3 is 0 Å². The molecule has 0 radical (unpaired) electrons. The van der Waals surface area contributed by atoms with E-state index < -0.39 is 0 Å². The van der Waals surface area contributed by atoms with Crippen molar-refractivity contribution in [3.63, 3.8) is 0 Å². The fraction of sp³-hybridized carbons (Fsp3) is 0.889. The van der Waals surface area contributed by atoms with E-state index in [-0.39, 0.29) is 0 Å². The molecule has 0 spiro atoms. The monoisotopic (exact) mass is 203 g/mol. The first-order valence-corrected chi connectivity index (χ1v) is 5.46. The van der Waals surface area contributed by atoms with Crippen LogP contribution in [0.25, 0.3) is 0 Å². The lowest BCUT2D eigenvalue weighted by Gasteiger charge is -2.05. The molecule has 0 aliphatic carbocycles. The molecule has 13 heavy (non-hydrogen) atoms. The zero-order chi connectivity index (χ0) is 9.94. The highest BCUT2D eigenvalue weighted by molar-refractivity contribution is 7.80. The Labute approximate surface area is 86.4 Å². The van der Waals surface area contributed by atoms with Gasteiger partial charge < -0.3 is 10.7 Å². The van der Waals surface area contributed by atoms with Gasteiger partial charge in [0, 0.05) is 6.54 Å². The van der Waals surface area contributed by atoms with E-state index >= 15 is 0 Å². The minimum absolute atomic E-state index is 0.536. The van der Waals surface area contributed by atoms with Crippen molar-refractivity contribution in [1.82, 2.24) is 10.7 Å². The van der Waals surface area contributed by atoms with E-state index in [2.05, 4.69) is 17.7 Å². The molecule has 0 aromatic carbocycles. The van der Waals surface area contributed by atoms with Crippen LogP contribution in [0.3, 0.4) is 0 Å². The SMILES string of the molecule is CCCCCCCCNC(=S)NN. The molecular weight excluding hydrogens is 182 g/mol. The summed E-state index contributed by atoms with van der Waals surface area (Å²) in [7, 11) is 0. The minimum Gasteiger partial charge on any atom is -0.362 e. The molecule has 0 unspecified atom stereocenters. The van der Waals surface area contributed by atoms with Crippen LogP contribution in [0, 0.1) is 0 Å². The Morgan fingerprint density at radius 1 is 1.15 bits per heavy atom. The molecule has 0 aliphatic rings.